The van der Waals surface area contributed by atoms with Crippen molar-refractivity contribution in [3.05, 3.63) is 52.9 Å². The van der Waals surface area contributed by atoms with Crippen LogP contribution in [0.4, 0.5) is 14.7 Å². The van der Waals surface area contributed by atoms with Crippen molar-refractivity contribution in [2.75, 3.05) is 11.9 Å². The van der Waals surface area contributed by atoms with Crippen molar-refractivity contribution in [1.82, 2.24) is 14.9 Å². The van der Waals surface area contributed by atoms with Gasteiger partial charge in [0.25, 0.3) is 5.91 Å². The first-order valence-electron chi connectivity index (χ1n) is 10.0. The highest BCUT2D eigenvalue weighted by Gasteiger charge is 2.68. The summed E-state index contributed by atoms with van der Waals surface area (Å²) in [6.07, 6.45) is 4.48. The molecule has 4 aliphatic rings. The third-order valence-electron chi connectivity index (χ3n) is 6.47. The minimum Gasteiger partial charge on any atom is -0.347 e. The van der Waals surface area contributed by atoms with Crippen LogP contribution in [0.1, 0.15) is 54.5 Å². The number of epoxide rings is 1. The summed E-state index contributed by atoms with van der Waals surface area (Å²) >= 11 is 0. The maximum absolute atomic E-state index is 15.5. The molecule has 1 N–H and O–H groups in total. The molecule has 1 aromatic carbocycles. The fourth-order valence-electron chi connectivity index (χ4n) is 4.65. The summed E-state index contributed by atoms with van der Waals surface area (Å²) < 4.78 is 34.2. The number of benzene rings is 1. The van der Waals surface area contributed by atoms with Crippen LogP contribution >= 0.6 is 0 Å². The molecule has 2 aliphatic heterocycles. The summed E-state index contributed by atoms with van der Waals surface area (Å²) in [6.45, 7) is -0.289. The Kier molecular flexibility index (Phi) is 3.60. The molecule has 2 atom stereocenters. The summed E-state index contributed by atoms with van der Waals surface area (Å²) in [4.78, 5) is 34.5. The number of aromatic nitrogens is 2. The molecule has 2 saturated carbocycles. The fraction of sp³-hybridized carbons (Fsp3) is 0.429. The lowest BCUT2D eigenvalue weighted by Gasteiger charge is -2.21. The summed E-state index contributed by atoms with van der Waals surface area (Å²) in [5, 5.41) is 2.45. The zero-order valence-corrected chi connectivity index (χ0v) is 15.9. The molecule has 3 heterocycles. The Balaban J connectivity index is 0.00000204. The summed E-state index contributed by atoms with van der Waals surface area (Å²) in [5.74, 6) is -1.68. The number of amides is 2. The molecular formula is C21H20F2N4O3. The van der Waals surface area contributed by atoms with E-state index in [0.29, 0.717) is 16.7 Å². The van der Waals surface area contributed by atoms with E-state index in [-0.39, 0.29) is 31.8 Å². The van der Waals surface area contributed by atoms with Gasteiger partial charge in [0, 0.05) is 18.0 Å². The molecule has 0 radical (unpaired) electrons. The number of carbonyl (C=O) groups excluding carboxylic acids is 2. The lowest BCUT2D eigenvalue weighted by Crippen LogP contribution is -2.40. The molecule has 1 aromatic heterocycles. The highest BCUT2D eigenvalue weighted by molar-refractivity contribution is 6.01. The van der Waals surface area contributed by atoms with E-state index in [1.807, 2.05) is 0 Å². The first-order chi connectivity index (χ1) is 14.5. The highest BCUT2D eigenvalue weighted by atomic mass is 19.1. The van der Waals surface area contributed by atoms with Gasteiger partial charge in [0.2, 0.25) is 11.9 Å². The second kappa shape index (κ2) is 6.04. The molecule has 156 valence electrons. The highest BCUT2D eigenvalue weighted by Crippen LogP contribution is 2.62. The second-order valence-electron chi connectivity index (χ2n) is 8.48. The van der Waals surface area contributed by atoms with Crippen molar-refractivity contribution in [2.24, 2.45) is 0 Å². The summed E-state index contributed by atoms with van der Waals surface area (Å²) in [6, 6.07) is 3.41. The molecule has 1 spiro atoms. The van der Waals surface area contributed by atoms with Crippen molar-refractivity contribution in [3.63, 3.8) is 0 Å². The number of fused-ring (bicyclic) bond motifs is 4. The SMILES string of the molecule is O=C(CN1C(=O)c2ccc(C3CC3)c(F)c2C2(CC2)C2OC21)Nc1ncc(F)cn1.[HH]. The number of nitrogens with one attached hydrogen (secondary N) is 1. The topological polar surface area (TPSA) is 87.7 Å². The van der Waals surface area contributed by atoms with Crippen LogP contribution in [0.2, 0.25) is 0 Å². The largest absolute Gasteiger partial charge is 0.347 e. The van der Waals surface area contributed by atoms with Gasteiger partial charge in [0.1, 0.15) is 18.5 Å². The van der Waals surface area contributed by atoms with Crippen LogP contribution in [0.5, 0.6) is 0 Å². The van der Waals surface area contributed by atoms with Crippen LogP contribution < -0.4 is 5.32 Å². The Bertz CT molecular complexity index is 1090. The van der Waals surface area contributed by atoms with Gasteiger partial charge in [0.15, 0.2) is 12.0 Å². The molecule has 7 nitrogen and oxygen atoms in total. The molecule has 30 heavy (non-hydrogen) atoms. The van der Waals surface area contributed by atoms with E-state index >= 15 is 4.39 Å². The number of hydrogen-bond acceptors (Lipinski definition) is 5. The van der Waals surface area contributed by atoms with Gasteiger partial charge in [-0.2, -0.15) is 0 Å². The van der Waals surface area contributed by atoms with Gasteiger partial charge >= 0.3 is 0 Å². The Morgan fingerprint density at radius 1 is 1.27 bits per heavy atom. The third kappa shape index (κ3) is 2.64. The molecule has 3 fully saturated rings. The van der Waals surface area contributed by atoms with E-state index in [2.05, 4.69) is 15.3 Å². The predicted molar refractivity (Wildman–Crippen MR) is 102 cm³/mol. The van der Waals surface area contributed by atoms with Crippen LogP contribution in [0.25, 0.3) is 0 Å². The van der Waals surface area contributed by atoms with Crippen LogP contribution in [0.3, 0.4) is 0 Å². The van der Waals surface area contributed by atoms with Gasteiger partial charge in [-0.25, -0.2) is 18.7 Å². The van der Waals surface area contributed by atoms with E-state index in [1.165, 1.54) is 4.90 Å². The van der Waals surface area contributed by atoms with Crippen LogP contribution in [-0.2, 0) is 14.9 Å². The number of rotatable bonds is 4. The Morgan fingerprint density at radius 3 is 2.67 bits per heavy atom. The zero-order chi connectivity index (χ0) is 20.6. The predicted octanol–water partition coefficient (Wildman–Crippen LogP) is 2.73. The van der Waals surface area contributed by atoms with Crippen molar-refractivity contribution in [1.29, 1.82) is 0 Å². The first-order valence-corrected chi connectivity index (χ1v) is 10.0. The molecule has 6 rings (SSSR count). The average molecular weight is 414 g/mol. The Morgan fingerprint density at radius 2 is 2.00 bits per heavy atom. The van der Waals surface area contributed by atoms with Crippen molar-refractivity contribution < 1.29 is 24.5 Å². The minimum absolute atomic E-state index is 0. The van der Waals surface area contributed by atoms with Crippen LogP contribution in [0.15, 0.2) is 24.5 Å². The molecule has 2 aromatic rings. The van der Waals surface area contributed by atoms with Gasteiger partial charge in [-0.05, 0) is 43.2 Å². The maximum Gasteiger partial charge on any atom is 0.256 e. The number of carbonyl (C=O) groups is 2. The summed E-state index contributed by atoms with van der Waals surface area (Å²) in [7, 11) is 0. The second-order valence-corrected chi connectivity index (χ2v) is 8.48. The normalized spacial score (nSPS) is 25.4. The zero-order valence-electron chi connectivity index (χ0n) is 15.9. The number of ether oxygens (including phenoxy) is 1. The van der Waals surface area contributed by atoms with Crippen molar-refractivity contribution >= 4 is 17.8 Å². The number of nitrogens with zero attached hydrogens (tertiary/aromatic N) is 3. The monoisotopic (exact) mass is 414 g/mol. The molecule has 2 amide bonds. The van der Waals surface area contributed by atoms with E-state index in [4.69, 9.17) is 4.74 Å². The number of hydrogen-bond donors (Lipinski definition) is 1. The quantitative estimate of drug-likeness (QED) is 0.778. The molecule has 0 bridgehead atoms. The van der Waals surface area contributed by atoms with Gasteiger partial charge < -0.3 is 9.64 Å². The van der Waals surface area contributed by atoms with Crippen LogP contribution in [0, 0.1) is 11.6 Å². The Hall–Kier alpha value is -2.94. The standard InChI is InChI=1S/C21H18F2N4O3.H2/c22-11-7-24-20(25-8-11)26-14(28)9-27-18(29)13-4-3-12(10-1-2-10)16(23)15(13)21(5-6-21)17-19(27)30-17;/h3-4,7-8,10,17,19H,1-2,5-6,9H2,(H,24,25,26,28);1H. The van der Waals surface area contributed by atoms with Crippen LogP contribution in [-0.4, -0.2) is 45.6 Å². The molecule has 9 heteroatoms. The summed E-state index contributed by atoms with van der Waals surface area (Å²) in [5.41, 5.74) is 0.991. The molecule has 1 saturated heterocycles. The fourth-order valence-corrected chi connectivity index (χ4v) is 4.65. The smallest absolute Gasteiger partial charge is 0.256 e. The third-order valence-corrected chi connectivity index (χ3v) is 6.47. The van der Waals surface area contributed by atoms with Gasteiger partial charge in [-0.15, -0.1) is 0 Å². The van der Waals surface area contributed by atoms with Gasteiger partial charge in [-0.1, -0.05) is 6.07 Å². The lowest BCUT2D eigenvalue weighted by atomic mass is 9.86. The van der Waals surface area contributed by atoms with Gasteiger partial charge in [-0.3, -0.25) is 14.9 Å². The number of anilines is 1. The van der Waals surface area contributed by atoms with E-state index in [1.54, 1.807) is 12.1 Å². The first kappa shape index (κ1) is 17.9. The van der Waals surface area contributed by atoms with E-state index in [9.17, 15) is 14.0 Å². The average Bonchev–Trinajstić information content (AvgIpc) is 3.58. The molecule has 2 unspecified atom stereocenters. The van der Waals surface area contributed by atoms with Crippen molar-refractivity contribution in [2.45, 2.75) is 49.3 Å². The lowest BCUT2D eigenvalue weighted by molar-refractivity contribution is -0.117. The van der Waals surface area contributed by atoms with Crippen molar-refractivity contribution in [3.8, 4) is 0 Å². The Labute approximate surface area is 171 Å². The molecular weight excluding hydrogens is 394 g/mol. The maximum atomic E-state index is 15.5. The van der Waals surface area contributed by atoms with E-state index in [0.717, 1.165) is 38.1 Å². The number of halogens is 2. The minimum atomic E-state index is -0.621. The van der Waals surface area contributed by atoms with E-state index < -0.39 is 29.3 Å². The van der Waals surface area contributed by atoms with Gasteiger partial charge in [0.05, 0.1) is 12.4 Å². The molecule has 2 aliphatic carbocycles.